The van der Waals surface area contributed by atoms with Crippen molar-refractivity contribution in [1.29, 1.82) is 0 Å². The Morgan fingerprint density at radius 1 is 1.14 bits per heavy atom. The average Bonchev–Trinajstić information content (AvgIpc) is 3.05. The molecular formula is C15H20N2O2S2. The maximum Gasteiger partial charge on any atom is 0.251 e. The molecule has 0 bridgehead atoms. The molecule has 1 aromatic rings. The van der Waals surface area contributed by atoms with Crippen molar-refractivity contribution in [3.63, 3.8) is 0 Å². The van der Waals surface area contributed by atoms with Gasteiger partial charge in [-0.1, -0.05) is 19.1 Å². The monoisotopic (exact) mass is 324 g/mol. The van der Waals surface area contributed by atoms with Crippen molar-refractivity contribution in [2.75, 3.05) is 24.6 Å². The molecule has 2 rings (SSSR count). The number of rotatable bonds is 6. The maximum absolute atomic E-state index is 12.0. The van der Waals surface area contributed by atoms with Gasteiger partial charge in [-0.15, -0.1) is 23.5 Å². The SMILES string of the molecule is CCCNC(=O)CNC(=O)c1ccc(C2SCCS2)cc1. The molecular weight excluding hydrogens is 304 g/mol. The van der Waals surface area contributed by atoms with Crippen molar-refractivity contribution < 1.29 is 9.59 Å². The molecule has 0 aliphatic carbocycles. The minimum absolute atomic E-state index is 0.0227. The van der Waals surface area contributed by atoms with Crippen LogP contribution in [0.2, 0.25) is 0 Å². The second-order valence-corrected chi connectivity index (χ2v) is 7.45. The fraction of sp³-hybridized carbons (Fsp3) is 0.467. The van der Waals surface area contributed by atoms with E-state index in [1.807, 2.05) is 54.7 Å². The second-order valence-electron chi connectivity index (χ2n) is 4.73. The standard InChI is InChI=1S/C15H20N2O2S2/c1-2-7-16-13(18)10-17-14(19)11-3-5-12(6-4-11)15-20-8-9-21-15/h3-6,15H,2,7-10H2,1H3,(H,16,18)(H,17,19). The number of carbonyl (C=O) groups excluding carboxylic acids is 2. The van der Waals surface area contributed by atoms with Gasteiger partial charge in [0.1, 0.15) is 0 Å². The zero-order valence-corrected chi connectivity index (χ0v) is 13.7. The van der Waals surface area contributed by atoms with E-state index in [0.29, 0.717) is 16.7 Å². The molecule has 1 aliphatic rings. The second kappa shape index (κ2) is 8.34. The third-order valence-electron chi connectivity index (χ3n) is 3.05. The van der Waals surface area contributed by atoms with Crippen molar-refractivity contribution in [2.45, 2.75) is 17.9 Å². The lowest BCUT2D eigenvalue weighted by Crippen LogP contribution is -2.37. The van der Waals surface area contributed by atoms with E-state index in [2.05, 4.69) is 10.6 Å². The predicted molar refractivity (Wildman–Crippen MR) is 89.7 cm³/mol. The smallest absolute Gasteiger partial charge is 0.251 e. The summed E-state index contributed by atoms with van der Waals surface area (Å²) in [7, 11) is 0. The molecule has 0 radical (unpaired) electrons. The largest absolute Gasteiger partial charge is 0.355 e. The number of hydrogen-bond acceptors (Lipinski definition) is 4. The highest BCUT2D eigenvalue weighted by atomic mass is 32.2. The molecule has 0 unspecified atom stereocenters. The van der Waals surface area contributed by atoms with E-state index < -0.39 is 0 Å². The van der Waals surface area contributed by atoms with Crippen molar-refractivity contribution in [1.82, 2.24) is 10.6 Å². The van der Waals surface area contributed by atoms with Crippen LogP contribution in [-0.2, 0) is 4.79 Å². The molecule has 1 fully saturated rings. The van der Waals surface area contributed by atoms with Crippen LogP contribution in [-0.4, -0.2) is 36.4 Å². The van der Waals surface area contributed by atoms with Crippen LogP contribution in [0.25, 0.3) is 0 Å². The normalized spacial score (nSPS) is 14.9. The fourth-order valence-electron chi connectivity index (χ4n) is 1.93. The Balaban J connectivity index is 1.83. The van der Waals surface area contributed by atoms with Crippen molar-refractivity contribution >= 4 is 35.3 Å². The molecule has 0 saturated carbocycles. The molecule has 114 valence electrons. The van der Waals surface area contributed by atoms with E-state index in [4.69, 9.17) is 0 Å². The molecule has 1 heterocycles. The fourth-order valence-corrected chi connectivity index (χ4v) is 4.79. The summed E-state index contributed by atoms with van der Waals surface area (Å²) in [4.78, 5) is 23.4. The Morgan fingerprint density at radius 3 is 2.43 bits per heavy atom. The van der Waals surface area contributed by atoms with Gasteiger partial charge >= 0.3 is 0 Å². The summed E-state index contributed by atoms with van der Waals surface area (Å²) in [5.41, 5.74) is 1.84. The number of hydrogen-bond donors (Lipinski definition) is 2. The molecule has 0 atom stereocenters. The lowest BCUT2D eigenvalue weighted by atomic mass is 10.1. The zero-order chi connectivity index (χ0) is 15.1. The molecule has 1 aromatic carbocycles. The highest BCUT2D eigenvalue weighted by molar-refractivity contribution is 8.19. The van der Waals surface area contributed by atoms with E-state index in [1.54, 1.807) is 0 Å². The minimum Gasteiger partial charge on any atom is -0.355 e. The summed E-state index contributed by atoms with van der Waals surface area (Å²) in [5.74, 6) is 2.01. The van der Waals surface area contributed by atoms with E-state index in [0.717, 1.165) is 6.42 Å². The quantitative estimate of drug-likeness (QED) is 0.844. The Hall–Kier alpha value is -1.14. The maximum atomic E-state index is 12.0. The van der Waals surface area contributed by atoms with Crippen LogP contribution in [0.3, 0.4) is 0 Å². The van der Waals surface area contributed by atoms with Gasteiger partial charge in [0.15, 0.2) is 0 Å². The van der Waals surface area contributed by atoms with Crippen molar-refractivity contribution in [3.8, 4) is 0 Å². The Labute approximate surface area is 133 Å². The van der Waals surface area contributed by atoms with E-state index in [9.17, 15) is 9.59 Å². The van der Waals surface area contributed by atoms with Crippen LogP contribution in [0.5, 0.6) is 0 Å². The Morgan fingerprint density at radius 2 is 1.81 bits per heavy atom. The van der Waals surface area contributed by atoms with Gasteiger partial charge in [0.25, 0.3) is 5.91 Å². The van der Waals surface area contributed by atoms with Crippen LogP contribution >= 0.6 is 23.5 Å². The lowest BCUT2D eigenvalue weighted by molar-refractivity contribution is -0.120. The van der Waals surface area contributed by atoms with Gasteiger partial charge in [-0.25, -0.2) is 0 Å². The van der Waals surface area contributed by atoms with E-state index in [1.165, 1.54) is 17.1 Å². The van der Waals surface area contributed by atoms with Crippen LogP contribution < -0.4 is 10.6 Å². The highest BCUT2D eigenvalue weighted by Gasteiger charge is 2.18. The summed E-state index contributed by atoms with van der Waals surface area (Å²) in [6.45, 7) is 2.65. The van der Waals surface area contributed by atoms with Gasteiger partial charge in [0.05, 0.1) is 11.1 Å². The third kappa shape index (κ3) is 4.97. The molecule has 2 N–H and O–H groups in total. The summed E-state index contributed by atoms with van der Waals surface area (Å²) in [6.07, 6.45) is 0.887. The first-order valence-electron chi connectivity index (χ1n) is 7.08. The van der Waals surface area contributed by atoms with Crippen LogP contribution in [0.1, 0.15) is 33.8 Å². The van der Waals surface area contributed by atoms with E-state index >= 15 is 0 Å². The van der Waals surface area contributed by atoms with Gasteiger partial charge in [-0.2, -0.15) is 0 Å². The molecule has 2 amide bonds. The Kier molecular flexibility index (Phi) is 6.45. The summed E-state index contributed by atoms with van der Waals surface area (Å²) < 4.78 is 0.488. The van der Waals surface area contributed by atoms with Gasteiger partial charge in [-0.3, -0.25) is 9.59 Å². The highest BCUT2D eigenvalue weighted by Crippen LogP contribution is 2.45. The van der Waals surface area contributed by atoms with Crippen molar-refractivity contribution in [2.24, 2.45) is 0 Å². The topological polar surface area (TPSA) is 58.2 Å². The summed E-state index contributed by atoms with van der Waals surface area (Å²) in [6, 6.07) is 7.66. The van der Waals surface area contributed by atoms with E-state index in [-0.39, 0.29) is 18.4 Å². The van der Waals surface area contributed by atoms with Crippen LogP contribution in [0.4, 0.5) is 0 Å². The van der Waals surface area contributed by atoms with Gasteiger partial charge in [-0.05, 0) is 24.1 Å². The first-order chi connectivity index (χ1) is 10.2. The molecule has 1 aliphatic heterocycles. The van der Waals surface area contributed by atoms with Gasteiger partial charge in [0.2, 0.25) is 5.91 Å². The molecule has 0 spiro atoms. The molecule has 1 saturated heterocycles. The van der Waals surface area contributed by atoms with Crippen molar-refractivity contribution in [3.05, 3.63) is 35.4 Å². The molecule has 4 nitrogen and oxygen atoms in total. The summed E-state index contributed by atoms with van der Waals surface area (Å²) in [5, 5.41) is 5.36. The zero-order valence-electron chi connectivity index (χ0n) is 12.1. The number of nitrogens with one attached hydrogen (secondary N) is 2. The first kappa shape index (κ1) is 16.2. The predicted octanol–water partition coefficient (Wildman–Crippen LogP) is 2.42. The average molecular weight is 324 g/mol. The number of benzene rings is 1. The third-order valence-corrected chi connectivity index (χ3v) is 6.15. The number of thioether (sulfide) groups is 2. The number of amides is 2. The molecule has 21 heavy (non-hydrogen) atoms. The van der Waals surface area contributed by atoms with Crippen LogP contribution in [0, 0.1) is 0 Å². The Bertz CT molecular complexity index is 485. The first-order valence-corrected chi connectivity index (χ1v) is 9.18. The van der Waals surface area contributed by atoms with Crippen LogP contribution in [0.15, 0.2) is 24.3 Å². The molecule has 0 aromatic heterocycles. The summed E-state index contributed by atoms with van der Waals surface area (Å²) >= 11 is 3.88. The minimum atomic E-state index is -0.208. The molecule has 6 heteroatoms. The lowest BCUT2D eigenvalue weighted by Gasteiger charge is -2.09. The number of carbonyl (C=O) groups is 2. The van der Waals surface area contributed by atoms with Gasteiger partial charge < -0.3 is 10.6 Å². The van der Waals surface area contributed by atoms with Gasteiger partial charge in [0, 0.05) is 23.6 Å².